The zero-order valence-electron chi connectivity index (χ0n) is 16.1. The molecule has 0 bridgehead atoms. The van der Waals surface area contributed by atoms with E-state index in [2.05, 4.69) is 15.6 Å². The molecule has 0 radical (unpaired) electrons. The van der Waals surface area contributed by atoms with Gasteiger partial charge in [0.2, 0.25) is 0 Å². The number of anilines is 1. The largest absolute Gasteiger partial charge is 0.497 e. The van der Waals surface area contributed by atoms with Crippen molar-refractivity contribution in [3.63, 3.8) is 0 Å². The molecule has 0 aliphatic carbocycles. The van der Waals surface area contributed by atoms with Gasteiger partial charge in [-0.1, -0.05) is 12.1 Å². The van der Waals surface area contributed by atoms with E-state index in [4.69, 9.17) is 9.47 Å². The summed E-state index contributed by atoms with van der Waals surface area (Å²) in [6, 6.07) is 14.4. The third-order valence-corrected chi connectivity index (χ3v) is 4.93. The van der Waals surface area contributed by atoms with Gasteiger partial charge in [0.05, 0.1) is 14.2 Å². The average molecular weight is 411 g/mol. The highest BCUT2D eigenvalue weighted by molar-refractivity contribution is 7.14. The Kier molecular flexibility index (Phi) is 6.80. The summed E-state index contributed by atoms with van der Waals surface area (Å²) in [7, 11) is 3.19. The SMILES string of the molecule is COc1ccc(CCNC(=O)c2csc(NC(=O)c3ccc(OC)cc3)n2)cc1. The second-order valence-electron chi connectivity index (χ2n) is 6.07. The average Bonchev–Trinajstić information content (AvgIpc) is 3.22. The van der Waals surface area contributed by atoms with Gasteiger partial charge in [-0.3, -0.25) is 14.9 Å². The Morgan fingerprint density at radius 1 is 0.931 bits per heavy atom. The van der Waals surface area contributed by atoms with Crippen LogP contribution in [-0.4, -0.2) is 37.6 Å². The van der Waals surface area contributed by atoms with E-state index in [1.54, 1.807) is 43.9 Å². The molecule has 0 atom stereocenters. The summed E-state index contributed by atoms with van der Waals surface area (Å²) < 4.78 is 10.2. The highest BCUT2D eigenvalue weighted by Gasteiger charge is 2.13. The van der Waals surface area contributed by atoms with Crippen molar-refractivity contribution in [1.29, 1.82) is 0 Å². The quantitative estimate of drug-likeness (QED) is 0.593. The zero-order valence-corrected chi connectivity index (χ0v) is 16.9. The fraction of sp³-hybridized carbons (Fsp3) is 0.190. The van der Waals surface area contributed by atoms with E-state index in [0.29, 0.717) is 29.4 Å². The van der Waals surface area contributed by atoms with Gasteiger partial charge < -0.3 is 14.8 Å². The van der Waals surface area contributed by atoms with Gasteiger partial charge in [-0.05, 0) is 48.4 Å². The summed E-state index contributed by atoms with van der Waals surface area (Å²) in [6.45, 7) is 0.482. The van der Waals surface area contributed by atoms with E-state index in [0.717, 1.165) is 11.3 Å². The predicted octanol–water partition coefficient (Wildman–Crippen LogP) is 3.39. The molecule has 0 aliphatic rings. The molecule has 2 amide bonds. The topological polar surface area (TPSA) is 89.6 Å². The Hall–Kier alpha value is -3.39. The van der Waals surface area contributed by atoms with Crippen LogP contribution in [0.2, 0.25) is 0 Å². The lowest BCUT2D eigenvalue weighted by Crippen LogP contribution is -2.26. The van der Waals surface area contributed by atoms with Gasteiger partial charge in [-0.25, -0.2) is 4.98 Å². The predicted molar refractivity (Wildman–Crippen MR) is 112 cm³/mol. The van der Waals surface area contributed by atoms with E-state index in [9.17, 15) is 9.59 Å². The van der Waals surface area contributed by atoms with Gasteiger partial charge in [-0.15, -0.1) is 11.3 Å². The first-order valence-electron chi connectivity index (χ1n) is 8.91. The van der Waals surface area contributed by atoms with Gasteiger partial charge in [-0.2, -0.15) is 0 Å². The van der Waals surface area contributed by atoms with Crippen LogP contribution in [0.1, 0.15) is 26.4 Å². The van der Waals surface area contributed by atoms with Gasteiger partial charge in [0.25, 0.3) is 11.8 Å². The van der Waals surface area contributed by atoms with Crippen LogP contribution in [0.5, 0.6) is 11.5 Å². The lowest BCUT2D eigenvalue weighted by Gasteiger charge is -2.05. The molecule has 1 heterocycles. The second kappa shape index (κ2) is 9.70. The highest BCUT2D eigenvalue weighted by Crippen LogP contribution is 2.18. The normalized spacial score (nSPS) is 10.3. The molecular weight excluding hydrogens is 390 g/mol. The molecule has 8 heteroatoms. The van der Waals surface area contributed by atoms with Crippen molar-refractivity contribution in [2.24, 2.45) is 0 Å². The Morgan fingerprint density at radius 2 is 1.55 bits per heavy atom. The number of carbonyl (C=O) groups is 2. The molecule has 3 rings (SSSR count). The Bertz CT molecular complexity index is 968. The molecule has 7 nitrogen and oxygen atoms in total. The number of hydrogen-bond acceptors (Lipinski definition) is 6. The van der Waals surface area contributed by atoms with Crippen LogP contribution in [0, 0.1) is 0 Å². The lowest BCUT2D eigenvalue weighted by atomic mass is 10.1. The molecule has 29 heavy (non-hydrogen) atoms. The zero-order chi connectivity index (χ0) is 20.6. The van der Waals surface area contributed by atoms with Crippen LogP contribution in [0.15, 0.2) is 53.9 Å². The third kappa shape index (κ3) is 5.55. The minimum Gasteiger partial charge on any atom is -0.497 e. The van der Waals surface area contributed by atoms with Crippen molar-refractivity contribution < 1.29 is 19.1 Å². The van der Waals surface area contributed by atoms with Crippen LogP contribution < -0.4 is 20.1 Å². The Labute approximate surface area is 172 Å². The summed E-state index contributed by atoms with van der Waals surface area (Å²) in [4.78, 5) is 28.7. The number of rotatable bonds is 8. The van der Waals surface area contributed by atoms with Crippen molar-refractivity contribution in [1.82, 2.24) is 10.3 Å². The van der Waals surface area contributed by atoms with Gasteiger partial charge in [0.1, 0.15) is 17.2 Å². The molecule has 0 saturated carbocycles. The number of ether oxygens (including phenoxy) is 2. The molecule has 0 spiro atoms. The standard InChI is InChI=1S/C21H21N3O4S/c1-27-16-7-3-14(4-8-16)11-12-22-20(26)18-13-29-21(23-18)24-19(25)15-5-9-17(28-2)10-6-15/h3-10,13H,11-12H2,1-2H3,(H,22,26)(H,23,24,25). The number of amides is 2. The molecule has 0 aliphatic heterocycles. The first kappa shape index (κ1) is 20.3. The molecule has 1 aromatic heterocycles. The van der Waals surface area contributed by atoms with Gasteiger partial charge in [0, 0.05) is 17.5 Å². The van der Waals surface area contributed by atoms with Crippen molar-refractivity contribution >= 4 is 28.3 Å². The monoisotopic (exact) mass is 411 g/mol. The first-order chi connectivity index (χ1) is 14.1. The maximum absolute atomic E-state index is 12.3. The summed E-state index contributed by atoms with van der Waals surface area (Å²) in [5, 5.41) is 7.52. The molecule has 150 valence electrons. The van der Waals surface area contributed by atoms with Crippen molar-refractivity contribution in [2.75, 3.05) is 26.1 Å². The number of hydrogen-bond donors (Lipinski definition) is 2. The summed E-state index contributed by atoms with van der Waals surface area (Å²) in [5.41, 5.74) is 1.85. The first-order valence-corrected chi connectivity index (χ1v) is 9.79. The maximum Gasteiger partial charge on any atom is 0.270 e. The van der Waals surface area contributed by atoms with Gasteiger partial charge >= 0.3 is 0 Å². The molecule has 0 saturated heterocycles. The van der Waals surface area contributed by atoms with E-state index in [1.807, 2.05) is 24.3 Å². The van der Waals surface area contributed by atoms with Gasteiger partial charge in [0.15, 0.2) is 5.13 Å². The van der Waals surface area contributed by atoms with Crippen LogP contribution in [-0.2, 0) is 6.42 Å². The lowest BCUT2D eigenvalue weighted by molar-refractivity contribution is 0.0948. The van der Waals surface area contributed by atoms with Crippen LogP contribution in [0.25, 0.3) is 0 Å². The number of thiazole rings is 1. The minimum atomic E-state index is -0.298. The van der Waals surface area contributed by atoms with E-state index in [1.165, 1.54) is 11.3 Å². The number of aromatic nitrogens is 1. The molecule has 3 aromatic rings. The summed E-state index contributed by atoms with van der Waals surface area (Å²) in [6.07, 6.45) is 0.695. The van der Waals surface area contributed by atoms with Crippen LogP contribution in [0.3, 0.4) is 0 Å². The minimum absolute atomic E-state index is 0.273. The molecule has 0 fully saturated rings. The van der Waals surface area contributed by atoms with E-state index in [-0.39, 0.29) is 17.5 Å². The number of nitrogens with one attached hydrogen (secondary N) is 2. The van der Waals surface area contributed by atoms with E-state index < -0.39 is 0 Å². The third-order valence-electron chi connectivity index (χ3n) is 4.17. The molecule has 2 aromatic carbocycles. The summed E-state index contributed by atoms with van der Waals surface area (Å²) >= 11 is 1.20. The van der Waals surface area contributed by atoms with Crippen molar-refractivity contribution in [2.45, 2.75) is 6.42 Å². The highest BCUT2D eigenvalue weighted by atomic mass is 32.1. The Morgan fingerprint density at radius 3 is 2.17 bits per heavy atom. The molecule has 2 N–H and O–H groups in total. The molecule has 0 unspecified atom stereocenters. The second-order valence-corrected chi connectivity index (χ2v) is 6.93. The van der Waals surface area contributed by atoms with Crippen LogP contribution >= 0.6 is 11.3 Å². The number of nitrogens with zero attached hydrogens (tertiary/aromatic N) is 1. The fourth-order valence-electron chi connectivity index (χ4n) is 2.55. The Balaban J connectivity index is 1.50. The smallest absolute Gasteiger partial charge is 0.270 e. The number of carbonyl (C=O) groups excluding carboxylic acids is 2. The molecular formula is C21H21N3O4S. The fourth-order valence-corrected chi connectivity index (χ4v) is 3.24. The summed E-state index contributed by atoms with van der Waals surface area (Å²) in [5.74, 6) is 0.891. The number of methoxy groups -OCH3 is 2. The van der Waals surface area contributed by atoms with Crippen molar-refractivity contribution in [3.05, 3.63) is 70.7 Å². The maximum atomic E-state index is 12.3. The number of benzene rings is 2. The van der Waals surface area contributed by atoms with Crippen molar-refractivity contribution in [3.8, 4) is 11.5 Å². The van der Waals surface area contributed by atoms with E-state index >= 15 is 0 Å². The van der Waals surface area contributed by atoms with Crippen LogP contribution in [0.4, 0.5) is 5.13 Å².